The number of carboxylic acids is 1. The fourth-order valence-electron chi connectivity index (χ4n) is 2.74. The Kier molecular flexibility index (Phi) is 5.95. The summed E-state index contributed by atoms with van der Waals surface area (Å²) in [6, 6.07) is 8.44. The maximum atomic E-state index is 12.3. The summed E-state index contributed by atoms with van der Waals surface area (Å²) in [6.45, 7) is 2.59. The average Bonchev–Trinajstić information content (AvgIpc) is 2.55. The average molecular weight is 305 g/mol. The van der Waals surface area contributed by atoms with Crippen molar-refractivity contribution in [2.45, 2.75) is 44.8 Å². The lowest BCUT2D eigenvalue weighted by atomic mass is 9.93. The molecule has 3 atom stereocenters. The van der Waals surface area contributed by atoms with Crippen molar-refractivity contribution < 1.29 is 19.4 Å². The van der Waals surface area contributed by atoms with E-state index in [1.54, 1.807) is 0 Å². The van der Waals surface area contributed by atoms with Crippen LogP contribution < -0.4 is 5.32 Å². The first-order valence-corrected chi connectivity index (χ1v) is 7.78. The summed E-state index contributed by atoms with van der Waals surface area (Å²) in [6.07, 6.45) is 2.58. The lowest BCUT2D eigenvalue weighted by Gasteiger charge is -2.29. The summed E-state index contributed by atoms with van der Waals surface area (Å²) in [7, 11) is 0. The maximum Gasteiger partial charge on any atom is 0.326 e. The Bertz CT molecular complexity index is 503. The Morgan fingerprint density at radius 1 is 1.36 bits per heavy atom. The number of amides is 1. The number of hydrogen-bond acceptors (Lipinski definition) is 3. The molecule has 2 N–H and O–H groups in total. The monoisotopic (exact) mass is 305 g/mol. The van der Waals surface area contributed by atoms with Gasteiger partial charge in [-0.25, -0.2) is 4.79 Å². The highest BCUT2D eigenvalue weighted by Crippen LogP contribution is 2.22. The normalized spacial score (nSPS) is 22.8. The van der Waals surface area contributed by atoms with Crippen LogP contribution in [0.2, 0.25) is 0 Å². The van der Waals surface area contributed by atoms with Crippen LogP contribution in [0.3, 0.4) is 0 Å². The van der Waals surface area contributed by atoms with Gasteiger partial charge in [0, 0.05) is 18.9 Å². The van der Waals surface area contributed by atoms with Gasteiger partial charge in [0.2, 0.25) is 5.91 Å². The van der Waals surface area contributed by atoms with E-state index in [-0.39, 0.29) is 17.9 Å². The predicted octanol–water partition coefficient (Wildman–Crippen LogP) is 2.00. The van der Waals surface area contributed by atoms with Gasteiger partial charge in [-0.15, -0.1) is 0 Å². The molecule has 5 nitrogen and oxygen atoms in total. The fraction of sp³-hybridized carbons (Fsp3) is 0.529. The van der Waals surface area contributed by atoms with E-state index in [9.17, 15) is 14.7 Å². The van der Waals surface area contributed by atoms with Crippen molar-refractivity contribution in [1.82, 2.24) is 5.32 Å². The van der Waals surface area contributed by atoms with Gasteiger partial charge in [-0.2, -0.15) is 0 Å². The Labute approximate surface area is 130 Å². The first-order valence-electron chi connectivity index (χ1n) is 7.78. The van der Waals surface area contributed by atoms with Crippen molar-refractivity contribution >= 4 is 11.9 Å². The summed E-state index contributed by atoms with van der Waals surface area (Å²) >= 11 is 0. The molecular formula is C17H23NO4. The molecule has 1 fully saturated rings. The van der Waals surface area contributed by atoms with Crippen molar-refractivity contribution in [2.75, 3.05) is 6.61 Å². The van der Waals surface area contributed by atoms with Crippen LogP contribution in [0.5, 0.6) is 0 Å². The number of carbonyl (C=O) groups excluding carboxylic acids is 1. The smallest absolute Gasteiger partial charge is 0.326 e. The molecule has 0 saturated carbocycles. The van der Waals surface area contributed by atoms with Gasteiger partial charge >= 0.3 is 5.97 Å². The summed E-state index contributed by atoms with van der Waals surface area (Å²) in [4.78, 5) is 23.7. The zero-order chi connectivity index (χ0) is 15.9. The minimum atomic E-state index is -1.00. The molecule has 1 aliphatic heterocycles. The molecule has 2 rings (SSSR count). The first-order chi connectivity index (χ1) is 10.6. The SMILES string of the molecule is CCC1CC(C(=O)N[C@@H](Cc2ccccc2)C(=O)O)CCO1. The molecule has 22 heavy (non-hydrogen) atoms. The Morgan fingerprint density at radius 3 is 2.73 bits per heavy atom. The molecule has 1 saturated heterocycles. The minimum absolute atomic E-state index is 0.0990. The van der Waals surface area contributed by atoms with E-state index >= 15 is 0 Å². The van der Waals surface area contributed by atoms with Gasteiger partial charge < -0.3 is 15.2 Å². The van der Waals surface area contributed by atoms with Gasteiger partial charge in [-0.3, -0.25) is 4.79 Å². The van der Waals surface area contributed by atoms with Gasteiger partial charge in [-0.05, 0) is 24.8 Å². The number of nitrogens with one attached hydrogen (secondary N) is 1. The lowest BCUT2D eigenvalue weighted by molar-refractivity contribution is -0.143. The second-order valence-corrected chi connectivity index (χ2v) is 5.71. The van der Waals surface area contributed by atoms with Gasteiger partial charge in [-0.1, -0.05) is 37.3 Å². The van der Waals surface area contributed by atoms with E-state index < -0.39 is 12.0 Å². The molecule has 0 bridgehead atoms. The number of aliphatic carboxylic acids is 1. The number of carbonyl (C=O) groups is 2. The third-order valence-electron chi connectivity index (χ3n) is 4.09. The topological polar surface area (TPSA) is 75.6 Å². The molecule has 1 aliphatic rings. The Balaban J connectivity index is 1.95. The van der Waals surface area contributed by atoms with E-state index in [2.05, 4.69) is 5.32 Å². The van der Waals surface area contributed by atoms with Crippen LogP contribution in [0.15, 0.2) is 30.3 Å². The maximum absolute atomic E-state index is 12.3. The van der Waals surface area contributed by atoms with Gasteiger partial charge in [0.05, 0.1) is 6.10 Å². The molecular weight excluding hydrogens is 282 g/mol. The molecule has 1 heterocycles. The van der Waals surface area contributed by atoms with Crippen LogP contribution in [-0.2, 0) is 20.7 Å². The molecule has 0 spiro atoms. The van der Waals surface area contributed by atoms with Gasteiger partial charge in [0.25, 0.3) is 0 Å². The lowest BCUT2D eigenvalue weighted by Crippen LogP contribution is -2.46. The summed E-state index contributed by atoms with van der Waals surface area (Å²) in [5.74, 6) is -1.34. The highest BCUT2D eigenvalue weighted by molar-refractivity contribution is 5.85. The highest BCUT2D eigenvalue weighted by Gasteiger charge is 2.30. The van der Waals surface area contributed by atoms with Crippen LogP contribution in [0.4, 0.5) is 0 Å². The zero-order valence-electron chi connectivity index (χ0n) is 12.8. The number of hydrogen-bond donors (Lipinski definition) is 2. The van der Waals surface area contributed by atoms with Gasteiger partial charge in [0.15, 0.2) is 0 Å². The molecule has 120 valence electrons. The van der Waals surface area contributed by atoms with Gasteiger partial charge in [0.1, 0.15) is 6.04 Å². The van der Waals surface area contributed by atoms with Crippen molar-refractivity contribution in [3.05, 3.63) is 35.9 Å². The van der Waals surface area contributed by atoms with E-state index in [1.807, 2.05) is 37.3 Å². The fourth-order valence-corrected chi connectivity index (χ4v) is 2.74. The van der Waals surface area contributed by atoms with Crippen LogP contribution in [0.25, 0.3) is 0 Å². The third kappa shape index (κ3) is 4.56. The number of rotatable bonds is 6. The summed E-state index contributed by atoms with van der Waals surface area (Å²) < 4.78 is 5.56. The predicted molar refractivity (Wildman–Crippen MR) is 82.5 cm³/mol. The van der Waals surface area contributed by atoms with Crippen LogP contribution in [-0.4, -0.2) is 35.7 Å². The zero-order valence-corrected chi connectivity index (χ0v) is 12.8. The van der Waals surface area contributed by atoms with E-state index in [0.29, 0.717) is 25.9 Å². The van der Waals surface area contributed by atoms with E-state index in [0.717, 1.165) is 12.0 Å². The number of carboxylic acid groups (broad SMARTS) is 1. The van der Waals surface area contributed by atoms with E-state index in [1.165, 1.54) is 0 Å². The van der Waals surface area contributed by atoms with Crippen molar-refractivity contribution in [3.63, 3.8) is 0 Å². The number of ether oxygens (including phenoxy) is 1. The highest BCUT2D eigenvalue weighted by atomic mass is 16.5. The van der Waals surface area contributed by atoms with Crippen LogP contribution in [0.1, 0.15) is 31.7 Å². The Morgan fingerprint density at radius 2 is 2.09 bits per heavy atom. The van der Waals surface area contributed by atoms with E-state index in [4.69, 9.17) is 4.74 Å². The molecule has 2 unspecified atom stereocenters. The Hall–Kier alpha value is -1.88. The number of benzene rings is 1. The molecule has 1 aromatic rings. The second-order valence-electron chi connectivity index (χ2n) is 5.71. The largest absolute Gasteiger partial charge is 0.480 e. The first kappa shape index (κ1) is 16.5. The minimum Gasteiger partial charge on any atom is -0.480 e. The van der Waals surface area contributed by atoms with Crippen LogP contribution in [0, 0.1) is 5.92 Å². The molecule has 0 radical (unpaired) electrons. The molecule has 5 heteroatoms. The molecule has 0 aromatic heterocycles. The van der Waals surface area contributed by atoms with Crippen molar-refractivity contribution in [3.8, 4) is 0 Å². The molecule has 0 aliphatic carbocycles. The third-order valence-corrected chi connectivity index (χ3v) is 4.09. The molecule has 1 aromatic carbocycles. The summed E-state index contributed by atoms with van der Waals surface area (Å²) in [5.41, 5.74) is 0.897. The quantitative estimate of drug-likeness (QED) is 0.843. The molecule has 1 amide bonds. The van der Waals surface area contributed by atoms with Crippen molar-refractivity contribution in [1.29, 1.82) is 0 Å². The summed E-state index contributed by atoms with van der Waals surface area (Å²) in [5, 5.41) is 12.0. The van der Waals surface area contributed by atoms with Crippen molar-refractivity contribution in [2.24, 2.45) is 5.92 Å². The van der Waals surface area contributed by atoms with Crippen LogP contribution >= 0.6 is 0 Å². The standard InChI is InChI=1S/C17H23NO4/c1-2-14-11-13(8-9-22-14)16(19)18-15(17(20)21)10-12-6-4-3-5-7-12/h3-7,13-15H,2,8-11H2,1H3,(H,18,19)(H,20,21)/t13?,14?,15-/m0/s1. The second kappa shape index (κ2) is 7.94.